The minimum atomic E-state index is -0.284. The van der Waals surface area contributed by atoms with Crippen LogP contribution in [-0.2, 0) is 13.1 Å². The Balaban J connectivity index is 1.72. The van der Waals surface area contributed by atoms with Gasteiger partial charge in [0.2, 0.25) is 0 Å². The molecule has 9 heteroatoms. The van der Waals surface area contributed by atoms with Crippen LogP contribution in [0, 0.1) is 18.8 Å². The Hall–Kier alpha value is -2.42. The van der Waals surface area contributed by atoms with Crippen molar-refractivity contribution in [1.29, 1.82) is 0 Å². The zero-order valence-corrected chi connectivity index (χ0v) is 16.8. The summed E-state index contributed by atoms with van der Waals surface area (Å²) in [6, 6.07) is 0.00810. The quantitative estimate of drug-likeness (QED) is 0.706. The van der Waals surface area contributed by atoms with E-state index in [4.69, 9.17) is 0 Å². The second kappa shape index (κ2) is 6.30. The fourth-order valence-corrected chi connectivity index (χ4v) is 5.42. The highest BCUT2D eigenvalue weighted by Crippen LogP contribution is 2.41. The number of fused-ring (bicyclic) bond motifs is 1. The summed E-state index contributed by atoms with van der Waals surface area (Å²) in [5.41, 5.74) is 0.203. The van der Waals surface area contributed by atoms with Gasteiger partial charge in [-0.3, -0.25) is 18.9 Å². The van der Waals surface area contributed by atoms with Gasteiger partial charge in [0, 0.05) is 17.5 Å². The number of aromatic amines is 1. The molecule has 2 saturated carbocycles. The summed E-state index contributed by atoms with van der Waals surface area (Å²) in [6.07, 6.45) is 5.71. The summed E-state index contributed by atoms with van der Waals surface area (Å²) < 4.78 is 4.64. The predicted octanol–water partition coefficient (Wildman–Crippen LogP) is 1.85. The second-order valence-corrected chi connectivity index (χ2v) is 9.31. The lowest BCUT2D eigenvalue weighted by Gasteiger charge is -2.26. The maximum absolute atomic E-state index is 13.3. The third-order valence-electron chi connectivity index (χ3n) is 6.32. The molecule has 3 aromatic heterocycles. The van der Waals surface area contributed by atoms with E-state index < -0.39 is 0 Å². The molecule has 2 aliphatic carbocycles. The molecule has 2 atom stereocenters. The molecule has 1 N–H and O–H groups in total. The zero-order chi connectivity index (χ0) is 19.6. The van der Waals surface area contributed by atoms with Crippen molar-refractivity contribution in [2.45, 2.75) is 58.7 Å². The standard InChI is InChI=1S/C19H23N5O3S/c1-10-6-13(10)24-16(25)15-11(2)14(8-23-18(26)20-9-21-23)28-17(15)22(19(24)27)7-12-4-3-5-12/h9-10,12-13H,3-8H2,1-2H3,(H,20,21,26)/t10-,13-/m0/s1. The Morgan fingerprint density at radius 2 is 2.04 bits per heavy atom. The van der Waals surface area contributed by atoms with E-state index in [0.29, 0.717) is 30.3 Å². The number of rotatable bonds is 5. The summed E-state index contributed by atoms with van der Waals surface area (Å²) in [7, 11) is 0. The Morgan fingerprint density at radius 1 is 1.29 bits per heavy atom. The molecule has 0 bridgehead atoms. The van der Waals surface area contributed by atoms with Crippen molar-refractivity contribution in [2.75, 3.05) is 0 Å². The van der Waals surface area contributed by atoms with Gasteiger partial charge in [-0.25, -0.2) is 14.3 Å². The molecule has 2 aliphatic rings. The molecule has 148 valence electrons. The first-order valence-corrected chi connectivity index (χ1v) is 10.6. The molecule has 3 heterocycles. The molecule has 0 amide bonds. The lowest BCUT2D eigenvalue weighted by molar-refractivity contribution is 0.274. The van der Waals surface area contributed by atoms with Gasteiger partial charge in [0.05, 0.1) is 11.9 Å². The normalized spacial score (nSPS) is 21.9. The number of aromatic nitrogens is 5. The SMILES string of the molecule is Cc1c(Cn2nc[nH]c2=O)sc2c1c(=O)n([C@H]1C[C@@H]1C)c(=O)n2CC1CCC1. The molecule has 3 aromatic rings. The van der Waals surface area contributed by atoms with E-state index >= 15 is 0 Å². The van der Waals surface area contributed by atoms with Crippen LogP contribution in [0.4, 0.5) is 0 Å². The minimum Gasteiger partial charge on any atom is -0.295 e. The fourth-order valence-electron chi connectivity index (χ4n) is 4.14. The molecular formula is C19H23N5O3S. The van der Waals surface area contributed by atoms with Crippen LogP contribution in [0.2, 0.25) is 0 Å². The highest BCUT2D eigenvalue weighted by Gasteiger charge is 2.38. The van der Waals surface area contributed by atoms with Crippen molar-refractivity contribution in [1.82, 2.24) is 23.9 Å². The van der Waals surface area contributed by atoms with Gasteiger partial charge in [0.15, 0.2) is 0 Å². The molecule has 0 aromatic carbocycles. The molecule has 28 heavy (non-hydrogen) atoms. The third kappa shape index (κ3) is 2.63. The Morgan fingerprint density at radius 3 is 2.61 bits per heavy atom. The summed E-state index contributed by atoms with van der Waals surface area (Å²) >= 11 is 1.44. The highest BCUT2D eigenvalue weighted by atomic mass is 32.1. The van der Waals surface area contributed by atoms with E-state index in [9.17, 15) is 14.4 Å². The van der Waals surface area contributed by atoms with E-state index in [1.165, 1.54) is 33.3 Å². The van der Waals surface area contributed by atoms with E-state index in [0.717, 1.165) is 34.5 Å². The lowest BCUT2D eigenvalue weighted by atomic mass is 9.85. The lowest BCUT2D eigenvalue weighted by Crippen LogP contribution is -2.41. The number of nitrogens with zero attached hydrogens (tertiary/aromatic N) is 4. The van der Waals surface area contributed by atoms with Crippen molar-refractivity contribution >= 4 is 21.6 Å². The van der Waals surface area contributed by atoms with Crippen LogP contribution in [0.5, 0.6) is 0 Å². The fraction of sp³-hybridized carbons (Fsp3) is 0.579. The topological polar surface area (TPSA) is 94.7 Å². The first-order valence-electron chi connectivity index (χ1n) is 9.83. The number of H-pyrrole nitrogens is 1. The Kier molecular flexibility index (Phi) is 3.97. The van der Waals surface area contributed by atoms with Crippen LogP contribution in [0.1, 0.15) is 49.1 Å². The average Bonchev–Trinajstić information content (AvgIpc) is 3.03. The third-order valence-corrected chi connectivity index (χ3v) is 7.62. The first kappa shape index (κ1) is 17.7. The van der Waals surface area contributed by atoms with E-state index in [-0.39, 0.29) is 23.0 Å². The van der Waals surface area contributed by atoms with Gasteiger partial charge in [0.1, 0.15) is 11.2 Å². The second-order valence-electron chi connectivity index (χ2n) is 8.23. The van der Waals surface area contributed by atoms with Crippen molar-refractivity contribution in [3.63, 3.8) is 0 Å². The molecule has 2 fully saturated rings. The van der Waals surface area contributed by atoms with Crippen LogP contribution in [0.25, 0.3) is 10.2 Å². The van der Waals surface area contributed by atoms with Crippen molar-refractivity contribution in [3.8, 4) is 0 Å². The van der Waals surface area contributed by atoms with Crippen LogP contribution < -0.4 is 16.9 Å². The Bertz CT molecular complexity index is 1240. The molecule has 8 nitrogen and oxygen atoms in total. The summed E-state index contributed by atoms with van der Waals surface area (Å²) in [5, 5.41) is 4.65. The molecule has 0 spiro atoms. The van der Waals surface area contributed by atoms with Gasteiger partial charge in [-0.15, -0.1) is 11.3 Å². The predicted molar refractivity (Wildman–Crippen MR) is 107 cm³/mol. The van der Waals surface area contributed by atoms with Gasteiger partial charge < -0.3 is 0 Å². The van der Waals surface area contributed by atoms with E-state index in [2.05, 4.69) is 17.0 Å². The zero-order valence-electron chi connectivity index (χ0n) is 16.0. The van der Waals surface area contributed by atoms with Crippen molar-refractivity contribution in [2.24, 2.45) is 11.8 Å². The van der Waals surface area contributed by atoms with E-state index in [1.807, 2.05) is 11.5 Å². The average molecular weight is 401 g/mol. The molecule has 0 unspecified atom stereocenters. The molecule has 0 aliphatic heterocycles. The number of hydrogen-bond donors (Lipinski definition) is 1. The van der Waals surface area contributed by atoms with Crippen molar-refractivity contribution < 1.29 is 0 Å². The van der Waals surface area contributed by atoms with Gasteiger partial charge in [-0.05, 0) is 43.6 Å². The minimum absolute atomic E-state index is 0.00810. The molecular weight excluding hydrogens is 378 g/mol. The first-order chi connectivity index (χ1) is 13.5. The molecule has 0 saturated heterocycles. The van der Waals surface area contributed by atoms with Gasteiger partial charge in [-0.2, -0.15) is 5.10 Å². The highest BCUT2D eigenvalue weighted by molar-refractivity contribution is 7.18. The maximum Gasteiger partial charge on any atom is 0.343 e. The smallest absolute Gasteiger partial charge is 0.295 e. The van der Waals surface area contributed by atoms with Crippen LogP contribution in [0.15, 0.2) is 20.7 Å². The Labute approximate surface area is 164 Å². The number of nitrogens with one attached hydrogen (secondary N) is 1. The van der Waals surface area contributed by atoms with Crippen LogP contribution >= 0.6 is 11.3 Å². The number of aryl methyl sites for hydroxylation is 1. The maximum atomic E-state index is 13.3. The number of thiophene rings is 1. The summed E-state index contributed by atoms with van der Waals surface area (Å²) in [4.78, 5) is 42.5. The largest absolute Gasteiger partial charge is 0.343 e. The molecule has 5 rings (SSSR count). The van der Waals surface area contributed by atoms with Crippen molar-refractivity contribution in [3.05, 3.63) is 48.1 Å². The van der Waals surface area contributed by atoms with Crippen LogP contribution in [-0.4, -0.2) is 23.9 Å². The summed E-state index contributed by atoms with van der Waals surface area (Å²) in [5.74, 6) is 0.865. The number of hydrogen-bond acceptors (Lipinski definition) is 5. The van der Waals surface area contributed by atoms with Crippen LogP contribution in [0.3, 0.4) is 0 Å². The molecule has 0 radical (unpaired) electrons. The monoisotopic (exact) mass is 401 g/mol. The summed E-state index contributed by atoms with van der Waals surface area (Å²) in [6.45, 7) is 4.95. The van der Waals surface area contributed by atoms with Gasteiger partial charge in [-0.1, -0.05) is 13.3 Å². The van der Waals surface area contributed by atoms with Gasteiger partial charge in [0.25, 0.3) is 5.56 Å². The van der Waals surface area contributed by atoms with E-state index in [1.54, 1.807) is 0 Å². The van der Waals surface area contributed by atoms with Gasteiger partial charge >= 0.3 is 11.4 Å².